The van der Waals surface area contributed by atoms with Crippen LogP contribution >= 0.6 is 0 Å². The van der Waals surface area contributed by atoms with Crippen molar-refractivity contribution in [1.29, 1.82) is 0 Å². The third-order valence-electron chi connectivity index (χ3n) is 2.85. The Balaban J connectivity index is 2.32. The van der Waals surface area contributed by atoms with Crippen LogP contribution in [0.15, 0.2) is 0 Å². The van der Waals surface area contributed by atoms with Crippen LogP contribution in [0.1, 0.15) is 46.5 Å². The fourth-order valence-electron chi connectivity index (χ4n) is 2.27. The third-order valence-corrected chi connectivity index (χ3v) is 2.85. The minimum atomic E-state index is 0.825. The van der Waals surface area contributed by atoms with Gasteiger partial charge in [0.1, 0.15) is 0 Å². The van der Waals surface area contributed by atoms with Crippen molar-refractivity contribution >= 4 is 0 Å². The highest BCUT2D eigenvalue weighted by Gasteiger charge is 2.21. The van der Waals surface area contributed by atoms with Crippen molar-refractivity contribution in [2.45, 2.75) is 52.5 Å². The standard InChI is InChI=1S/C11H23N/c1-4-12(9-10(2)3)11-7-5-6-8-11/h10-11H,4-9H2,1-3H3. The summed E-state index contributed by atoms with van der Waals surface area (Å²) < 4.78 is 0. The maximum Gasteiger partial charge on any atom is 0.00952 e. The summed E-state index contributed by atoms with van der Waals surface area (Å²) in [6.45, 7) is 9.46. The molecular formula is C11H23N. The highest BCUT2D eigenvalue weighted by Crippen LogP contribution is 2.23. The monoisotopic (exact) mass is 169 g/mol. The van der Waals surface area contributed by atoms with Crippen LogP contribution < -0.4 is 0 Å². The summed E-state index contributed by atoms with van der Waals surface area (Å²) in [5.41, 5.74) is 0. The summed E-state index contributed by atoms with van der Waals surface area (Å²) >= 11 is 0. The normalized spacial score (nSPS) is 19.8. The van der Waals surface area contributed by atoms with Crippen molar-refractivity contribution in [2.75, 3.05) is 13.1 Å². The van der Waals surface area contributed by atoms with E-state index in [0.717, 1.165) is 12.0 Å². The third kappa shape index (κ3) is 2.78. The Morgan fingerprint density at radius 2 is 1.83 bits per heavy atom. The van der Waals surface area contributed by atoms with Crippen LogP contribution in [0.2, 0.25) is 0 Å². The molecule has 0 saturated heterocycles. The lowest BCUT2D eigenvalue weighted by atomic mass is 10.1. The highest BCUT2D eigenvalue weighted by molar-refractivity contribution is 4.77. The van der Waals surface area contributed by atoms with Gasteiger partial charge in [0.15, 0.2) is 0 Å². The van der Waals surface area contributed by atoms with Gasteiger partial charge < -0.3 is 4.90 Å². The molecule has 12 heavy (non-hydrogen) atoms. The second-order valence-corrected chi connectivity index (χ2v) is 4.42. The molecular weight excluding hydrogens is 146 g/mol. The van der Waals surface area contributed by atoms with E-state index < -0.39 is 0 Å². The Hall–Kier alpha value is -0.0400. The molecule has 1 rings (SSSR count). The molecule has 0 spiro atoms. The van der Waals surface area contributed by atoms with E-state index >= 15 is 0 Å². The van der Waals surface area contributed by atoms with Crippen molar-refractivity contribution < 1.29 is 0 Å². The SMILES string of the molecule is CCN(CC(C)C)C1CCCC1. The second kappa shape index (κ2) is 4.86. The molecule has 1 saturated carbocycles. The molecule has 1 nitrogen and oxygen atoms in total. The molecule has 1 aliphatic rings. The first kappa shape index (κ1) is 10.0. The predicted octanol–water partition coefficient (Wildman–Crippen LogP) is 2.91. The molecule has 0 radical (unpaired) electrons. The summed E-state index contributed by atoms with van der Waals surface area (Å²) in [6, 6.07) is 0.914. The van der Waals surface area contributed by atoms with Gasteiger partial charge in [0.2, 0.25) is 0 Å². The molecule has 0 unspecified atom stereocenters. The van der Waals surface area contributed by atoms with E-state index in [4.69, 9.17) is 0 Å². The van der Waals surface area contributed by atoms with Gasteiger partial charge in [-0.15, -0.1) is 0 Å². The molecule has 0 N–H and O–H groups in total. The van der Waals surface area contributed by atoms with Gasteiger partial charge in [-0.3, -0.25) is 0 Å². The quantitative estimate of drug-likeness (QED) is 0.625. The van der Waals surface area contributed by atoms with Crippen LogP contribution in [0.25, 0.3) is 0 Å². The van der Waals surface area contributed by atoms with Crippen LogP contribution in [0.4, 0.5) is 0 Å². The summed E-state index contributed by atoms with van der Waals surface area (Å²) in [5, 5.41) is 0. The van der Waals surface area contributed by atoms with Crippen LogP contribution in [-0.2, 0) is 0 Å². The van der Waals surface area contributed by atoms with E-state index in [9.17, 15) is 0 Å². The van der Waals surface area contributed by atoms with Crippen LogP contribution in [0.3, 0.4) is 0 Å². The van der Waals surface area contributed by atoms with Crippen molar-refractivity contribution in [2.24, 2.45) is 5.92 Å². The summed E-state index contributed by atoms with van der Waals surface area (Å²) in [4.78, 5) is 2.66. The molecule has 0 atom stereocenters. The first-order valence-electron chi connectivity index (χ1n) is 5.48. The van der Waals surface area contributed by atoms with Gasteiger partial charge in [-0.2, -0.15) is 0 Å². The Morgan fingerprint density at radius 3 is 2.25 bits per heavy atom. The zero-order valence-electron chi connectivity index (χ0n) is 8.84. The molecule has 0 amide bonds. The van der Waals surface area contributed by atoms with Gasteiger partial charge in [-0.1, -0.05) is 33.6 Å². The molecule has 72 valence electrons. The molecule has 1 fully saturated rings. The zero-order valence-corrected chi connectivity index (χ0v) is 8.84. The van der Waals surface area contributed by atoms with E-state index in [1.54, 1.807) is 0 Å². The van der Waals surface area contributed by atoms with E-state index in [1.165, 1.54) is 38.8 Å². The first-order chi connectivity index (χ1) is 5.74. The maximum atomic E-state index is 2.66. The second-order valence-electron chi connectivity index (χ2n) is 4.42. The Bertz CT molecular complexity index is 114. The van der Waals surface area contributed by atoms with Gasteiger partial charge in [0.25, 0.3) is 0 Å². The Labute approximate surface area is 77.1 Å². The molecule has 0 aromatic heterocycles. The molecule has 0 bridgehead atoms. The van der Waals surface area contributed by atoms with Crippen molar-refractivity contribution in [1.82, 2.24) is 4.90 Å². The lowest BCUT2D eigenvalue weighted by Gasteiger charge is -2.28. The fraction of sp³-hybridized carbons (Fsp3) is 1.00. The lowest BCUT2D eigenvalue weighted by molar-refractivity contribution is 0.186. The largest absolute Gasteiger partial charge is 0.300 e. The van der Waals surface area contributed by atoms with E-state index in [2.05, 4.69) is 25.7 Å². The van der Waals surface area contributed by atoms with Gasteiger partial charge in [-0.25, -0.2) is 0 Å². The average Bonchev–Trinajstić information content (AvgIpc) is 2.51. The van der Waals surface area contributed by atoms with Gasteiger partial charge >= 0.3 is 0 Å². The highest BCUT2D eigenvalue weighted by atomic mass is 15.1. The average molecular weight is 169 g/mol. The first-order valence-corrected chi connectivity index (χ1v) is 5.48. The minimum Gasteiger partial charge on any atom is -0.300 e. The number of rotatable bonds is 4. The van der Waals surface area contributed by atoms with E-state index in [0.29, 0.717) is 0 Å². The smallest absolute Gasteiger partial charge is 0.00952 e. The lowest BCUT2D eigenvalue weighted by Crippen LogP contribution is -2.35. The van der Waals surface area contributed by atoms with Crippen LogP contribution in [-0.4, -0.2) is 24.0 Å². The van der Waals surface area contributed by atoms with E-state index in [-0.39, 0.29) is 0 Å². The van der Waals surface area contributed by atoms with Crippen molar-refractivity contribution in [3.8, 4) is 0 Å². The fourth-order valence-corrected chi connectivity index (χ4v) is 2.27. The topological polar surface area (TPSA) is 3.24 Å². The van der Waals surface area contributed by atoms with Crippen LogP contribution in [0, 0.1) is 5.92 Å². The van der Waals surface area contributed by atoms with E-state index in [1.807, 2.05) is 0 Å². The predicted molar refractivity (Wildman–Crippen MR) is 54.3 cm³/mol. The Kier molecular flexibility index (Phi) is 4.07. The molecule has 1 aliphatic carbocycles. The van der Waals surface area contributed by atoms with Gasteiger partial charge in [0.05, 0.1) is 0 Å². The van der Waals surface area contributed by atoms with Gasteiger partial charge in [-0.05, 0) is 25.3 Å². The van der Waals surface area contributed by atoms with Crippen LogP contribution in [0.5, 0.6) is 0 Å². The molecule has 0 heterocycles. The molecule has 0 aromatic rings. The van der Waals surface area contributed by atoms with Crippen molar-refractivity contribution in [3.63, 3.8) is 0 Å². The Morgan fingerprint density at radius 1 is 1.25 bits per heavy atom. The summed E-state index contributed by atoms with van der Waals surface area (Å²) in [5.74, 6) is 0.825. The molecule has 0 aromatic carbocycles. The number of hydrogen-bond donors (Lipinski definition) is 0. The van der Waals surface area contributed by atoms with Crippen molar-refractivity contribution in [3.05, 3.63) is 0 Å². The minimum absolute atomic E-state index is 0.825. The number of hydrogen-bond acceptors (Lipinski definition) is 1. The zero-order chi connectivity index (χ0) is 8.97. The molecule has 1 heteroatoms. The molecule has 0 aliphatic heterocycles. The maximum absolute atomic E-state index is 2.66. The summed E-state index contributed by atoms with van der Waals surface area (Å²) in [6.07, 6.45) is 5.81. The summed E-state index contributed by atoms with van der Waals surface area (Å²) in [7, 11) is 0. The number of nitrogens with zero attached hydrogens (tertiary/aromatic N) is 1. The van der Waals surface area contributed by atoms with Gasteiger partial charge in [0, 0.05) is 12.6 Å².